The summed E-state index contributed by atoms with van der Waals surface area (Å²) in [5, 5.41) is 2.24. The number of hydrogen-bond acceptors (Lipinski definition) is 3. The molecule has 0 bridgehead atoms. The molecule has 0 fully saturated rings. The molecular weight excluding hydrogens is 479 g/mol. The molecule has 3 aromatic carbocycles. The molecule has 1 aromatic heterocycles. The average molecular weight is 492 g/mol. The number of rotatable bonds is 4. The van der Waals surface area contributed by atoms with Crippen LogP contribution in [0.5, 0.6) is 0 Å². The van der Waals surface area contributed by atoms with E-state index in [1.807, 2.05) is 54.6 Å². The van der Waals surface area contributed by atoms with Crippen molar-refractivity contribution in [3.8, 4) is 5.69 Å². The Bertz CT molecular complexity index is 1230. The van der Waals surface area contributed by atoms with E-state index in [9.17, 15) is 4.79 Å². The van der Waals surface area contributed by atoms with Gasteiger partial charge in [-0.15, -0.1) is 0 Å². The predicted molar refractivity (Wildman–Crippen MR) is 121 cm³/mol. The Labute approximate surface area is 184 Å². The van der Waals surface area contributed by atoms with Gasteiger partial charge in [-0.3, -0.25) is 9.36 Å². The number of nitrogens with zero attached hydrogens (tertiary/aromatic N) is 2. The third kappa shape index (κ3) is 3.98. The van der Waals surface area contributed by atoms with Crippen LogP contribution in [-0.4, -0.2) is 9.55 Å². The number of aromatic nitrogens is 2. The Hall–Kier alpha value is -1.79. The van der Waals surface area contributed by atoms with Crippen LogP contribution in [0.25, 0.3) is 16.6 Å². The first kappa shape index (κ1) is 19.5. The lowest BCUT2D eigenvalue weighted by Gasteiger charge is -2.13. The molecule has 3 nitrogen and oxygen atoms in total. The van der Waals surface area contributed by atoms with Gasteiger partial charge in [0, 0.05) is 10.2 Å². The lowest BCUT2D eigenvalue weighted by atomic mass is 10.2. The maximum atomic E-state index is 13.2. The maximum Gasteiger partial charge on any atom is 0.266 e. The highest BCUT2D eigenvalue weighted by Crippen LogP contribution is 2.28. The van der Waals surface area contributed by atoms with Crippen LogP contribution >= 0.6 is 50.9 Å². The van der Waals surface area contributed by atoms with Gasteiger partial charge < -0.3 is 0 Å². The van der Waals surface area contributed by atoms with E-state index in [2.05, 4.69) is 15.9 Å². The quantitative estimate of drug-likeness (QED) is 0.234. The van der Waals surface area contributed by atoms with Crippen LogP contribution < -0.4 is 5.56 Å². The van der Waals surface area contributed by atoms with Crippen LogP contribution in [0.2, 0.25) is 10.0 Å². The lowest BCUT2D eigenvalue weighted by molar-refractivity contribution is 0.819. The highest BCUT2D eigenvalue weighted by Gasteiger charge is 2.13. The van der Waals surface area contributed by atoms with Crippen LogP contribution in [0.1, 0.15) is 5.56 Å². The molecule has 0 radical (unpaired) electrons. The minimum Gasteiger partial charge on any atom is -0.268 e. The molecule has 28 heavy (non-hydrogen) atoms. The third-order valence-corrected chi connectivity index (χ3v) is 6.46. The molecule has 4 rings (SSSR count). The van der Waals surface area contributed by atoms with Crippen LogP contribution in [0, 0.1) is 0 Å². The number of fused-ring (bicyclic) bond motifs is 1. The van der Waals surface area contributed by atoms with E-state index in [1.165, 1.54) is 11.8 Å². The van der Waals surface area contributed by atoms with Gasteiger partial charge in [-0.1, -0.05) is 69.1 Å². The van der Waals surface area contributed by atoms with Gasteiger partial charge in [0.2, 0.25) is 0 Å². The Morgan fingerprint density at radius 2 is 1.71 bits per heavy atom. The summed E-state index contributed by atoms with van der Waals surface area (Å²) >= 11 is 17.0. The Morgan fingerprint density at radius 1 is 0.964 bits per heavy atom. The van der Waals surface area contributed by atoms with Crippen LogP contribution in [0.3, 0.4) is 0 Å². The largest absolute Gasteiger partial charge is 0.268 e. The van der Waals surface area contributed by atoms with Crippen molar-refractivity contribution in [2.45, 2.75) is 10.9 Å². The van der Waals surface area contributed by atoms with Crippen molar-refractivity contribution in [1.82, 2.24) is 9.55 Å². The van der Waals surface area contributed by atoms with Gasteiger partial charge in [0.25, 0.3) is 5.56 Å². The molecule has 4 aromatic rings. The summed E-state index contributed by atoms with van der Waals surface area (Å²) in [7, 11) is 0. The van der Waals surface area contributed by atoms with Gasteiger partial charge in [0.05, 0.1) is 26.6 Å². The van der Waals surface area contributed by atoms with E-state index in [0.29, 0.717) is 31.9 Å². The van der Waals surface area contributed by atoms with Crippen LogP contribution in [0.15, 0.2) is 81.2 Å². The zero-order valence-corrected chi connectivity index (χ0v) is 18.3. The summed E-state index contributed by atoms with van der Waals surface area (Å²) in [5.41, 5.74) is 2.36. The molecule has 0 atom stereocenters. The number of hydrogen-bond donors (Lipinski definition) is 0. The van der Waals surface area contributed by atoms with Gasteiger partial charge in [0.15, 0.2) is 5.16 Å². The Balaban J connectivity index is 1.81. The van der Waals surface area contributed by atoms with E-state index in [0.717, 1.165) is 15.7 Å². The van der Waals surface area contributed by atoms with Crippen molar-refractivity contribution in [3.63, 3.8) is 0 Å². The Morgan fingerprint density at radius 3 is 2.46 bits per heavy atom. The first-order valence-corrected chi connectivity index (χ1v) is 10.9. The fourth-order valence-electron chi connectivity index (χ4n) is 2.80. The fourth-order valence-corrected chi connectivity index (χ4v) is 4.34. The van der Waals surface area contributed by atoms with Gasteiger partial charge in [0.1, 0.15) is 0 Å². The lowest BCUT2D eigenvalue weighted by Crippen LogP contribution is -2.21. The second-order valence-corrected chi connectivity index (χ2v) is 8.74. The zero-order chi connectivity index (χ0) is 19.7. The van der Waals surface area contributed by atoms with Crippen molar-refractivity contribution < 1.29 is 0 Å². The second-order valence-electron chi connectivity index (χ2n) is 6.07. The first-order chi connectivity index (χ1) is 13.5. The van der Waals surface area contributed by atoms with Crippen LogP contribution in [-0.2, 0) is 5.75 Å². The summed E-state index contributed by atoms with van der Waals surface area (Å²) in [6, 6.07) is 20.5. The monoisotopic (exact) mass is 490 g/mol. The topological polar surface area (TPSA) is 34.9 Å². The molecular formula is C21H13BrCl2N2OS. The molecule has 0 spiro atoms. The molecule has 140 valence electrons. The normalized spacial score (nSPS) is 11.1. The van der Waals surface area contributed by atoms with E-state index in [1.54, 1.807) is 16.7 Å². The van der Waals surface area contributed by atoms with Crippen molar-refractivity contribution in [2.24, 2.45) is 0 Å². The summed E-state index contributed by atoms with van der Waals surface area (Å²) in [4.78, 5) is 17.9. The standard InChI is InChI=1S/C21H13BrCl2N2OS/c22-14-6-8-15(9-7-14)26-20(27)16-3-1-2-4-19(16)25-21(26)28-12-13-5-10-17(23)18(24)11-13/h1-11H,12H2. The maximum absolute atomic E-state index is 13.2. The van der Waals surface area contributed by atoms with E-state index in [-0.39, 0.29) is 5.56 Å². The number of para-hydroxylation sites is 1. The molecule has 0 aliphatic carbocycles. The second kappa shape index (κ2) is 8.29. The highest BCUT2D eigenvalue weighted by atomic mass is 79.9. The predicted octanol–water partition coefficient (Wildman–Crippen LogP) is 6.75. The van der Waals surface area contributed by atoms with Gasteiger partial charge >= 0.3 is 0 Å². The molecule has 0 saturated carbocycles. The summed E-state index contributed by atoms with van der Waals surface area (Å²) in [6.45, 7) is 0. The average Bonchev–Trinajstić information content (AvgIpc) is 2.70. The molecule has 0 aliphatic heterocycles. The molecule has 0 N–H and O–H groups in total. The van der Waals surface area contributed by atoms with Gasteiger partial charge in [-0.25, -0.2) is 4.98 Å². The first-order valence-electron chi connectivity index (χ1n) is 8.37. The van der Waals surface area contributed by atoms with Crippen LogP contribution in [0.4, 0.5) is 0 Å². The summed E-state index contributed by atoms with van der Waals surface area (Å²) in [6.07, 6.45) is 0. The minimum absolute atomic E-state index is 0.0930. The van der Waals surface area contributed by atoms with E-state index < -0.39 is 0 Å². The fraction of sp³-hybridized carbons (Fsp3) is 0.0476. The smallest absolute Gasteiger partial charge is 0.266 e. The van der Waals surface area contributed by atoms with E-state index >= 15 is 0 Å². The molecule has 0 unspecified atom stereocenters. The third-order valence-electron chi connectivity index (χ3n) is 4.18. The van der Waals surface area contributed by atoms with Crippen molar-refractivity contribution in [1.29, 1.82) is 0 Å². The molecule has 0 amide bonds. The van der Waals surface area contributed by atoms with Crippen molar-refractivity contribution in [2.75, 3.05) is 0 Å². The molecule has 1 heterocycles. The zero-order valence-electron chi connectivity index (χ0n) is 14.4. The summed E-state index contributed by atoms with van der Waals surface area (Å²) < 4.78 is 2.60. The molecule has 7 heteroatoms. The number of thioether (sulfide) groups is 1. The van der Waals surface area contributed by atoms with E-state index in [4.69, 9.17) is 28.2 Å². The van der Waals surface area contributed by atoms with Crippen molar-refractivity contribution >= 4 is 61.8 Å². The highest BCUT2D eigenvalue weighted by molar-refractivity contribution is 9.10. The van der Waals surface area contributed by atoms with Gasteiger partial charge in [-0.2, -0.15) is 0 Å². The SMILES string of the molecule is O=c1c2ccccc2nc(SCc2ccc(Cl)c(Cl)c2)n1-c1ccc(Br)cc1. The number of halogens is 3. The van der Waals surface area contributed by atoms with Gasteiger partial charge in [-0.05, 0) is 54.1 Å². The summed E-state index contributed by atoms with van der Waals surface area (Å²) in [5.74, 6) is 0.609. The molecule has 0 aliphatic rings. The molecule has 0 saturated heterocycles. The number of benzene rings is 3. The minimum atomic E-state index is -0.0930. The Kier molecular flexibility index (Phi) is 5.78. The van der Waals surface area contributed by atoms with Crippen molar-refractivity contribution in [3.05, 3.63) is 97.2 Å².